The number of ether oxygens (including phenoxy) is 1. The lowest BCUT2D eigenvalue weighted by Gasteiger charge is -2.10. The molecule has 0 spiro atoms. The number of nitrogens with one attached hydrogen (secondary N) is 1. The highest BCUT2D eigenvalue weighted by molar-refractivity contribution is 6.43. The van der Waals surface area contributed by atoms with E-state index in [2.05, 4.69) is 5.32 Å². The van der Waals surface area contributed by atoms with E-state index in [1.807, 2.05) is 42.0 Å². The Kier molecular flexibility index (Phi) is 4.97. The van der Waals surface area contributed by atoms with Gasteiger partial charge >= 0.3 is 0 Å². The van der Waals surface area contributed by atoms with E-state index in [4.69, 9.17) is 27.9 Å². The van der Waals surface area contributed by atoms with Crippen molar-refractivity contribution in [3.8, 4) is 5.75 Å². The first-order valence-electron chi connectivity index (χ1n) is 7.54. The van der Waals surface area contributed by atoms with Gasteiger partial charge < -0.3 is 14.6 Å². The van der Waals surface area contributed by atoms with Gasteiger partial charge in [-0.3, -0.25) is 4.79 Å². The van der Waals surface area contributed by atoms with Crippen LogP contribution in [0.25, 0.3) is 10.9 Å². The maximum absolute atomic E-state index is 12.3. The van der Waals surface area contributed by atoms with Crippen LogP contribution in [0.5, 0.6) is 5.75 Å². The van der Waals surface area contributed by atoms with Gasteiger partial charge in [0, 0.05) is 17.1 Å². The molecule has 0 aliphatic carbocycles. The van der Waals surface area contributed by atoms with Gasteiger partial charge in [0.25, 0.3) is 0 Å². The van der Waals surface area contributed by atoms with Gasteiger partial charge in [0.2, 0.25) is 5.91 Å². The molecule has 0 fully saturated rings. The highest BCUT2D eigenvalue weighted by Crippen LogP contribution is 2.29. The van der Waals surface area contributed by atoms with Crippen LogP contribution >= 0.6 is 23.2 Å². The summed E-state index contributed by atoms with van der Waals surface area (Å²) >= 11 is 12.1. The molecule has 0 radical (unpaired) electrons. The number of carbonyl (C=O) groups is 1. The van der Waals surface area contributed by atoms with E-state index in [9.17, 15) is 4.79 Å². The van der Waals surface area contributed by atoms with Gasteiger partial charge in [0.1, 0.15) is 12.3 Å². The second kappa shape index (κ2) is 7.16. The standard InChI is InChI=1S/C18H16Cl2N2O2/c1-2-24-13-6-7-16-12(10-13)8-9-22(16)11-17(23)21-15-5-3-4-14(19)18(15)20/h3-10H,2,11H2,1H3,(H,21,23). The third-order valence-electron chi connectivity index (χ3n) is 3.59. The van der Waals surface area contributed by atoms with Crippen LogP contribution in [0, 0.1) is 0 Å². The van der Waals surface area contributed by atoms with Gasteiger partial charge in [-0.05, 0) is 43.3 Å². The van der Waals surface area contributed by atoms with E-state index in [1.54, 1.807) is 18.2 Å². The first-order chi connectivity index (χ1) is 11.6. The SMILES string of the molecule is CCOc1ccc2c(ccn2CC(=O)Nc2cccc(Cl)c2Cl)c1. The first kappa shape index (κ1) is 16.7. The van der Waals surface area contributed by atoms with Crippen LogP contribution in [-0.4, -0.2) is 17.1 Å². The minimum atomic E-state index is -0.175. The van der Waals surface area contributed by atoms with Gasteiger partial charge in [-0.1, -0.05) is 29.3 Å². The van der Waals surface area contributed by atoms with Gasteiger partial charge in [0.15, 0.2) is 0 Å². The average Bonchev–Trinajstić information content (AvgIpc) is 2.94. The molecule has 0 saturated carbocycles. The van der Waals surface area contributed by atoms with E-state index >= 15 is 0 Å². The molecule has 0 saturated heterocycles. The third kappa shape index (κ3) is 3.50. The molecule has 0 bridgehead atoms. The summed E-state index contributed by atoms with van der Waals surface area (Å²) in [5, 5.41) is 4.55. The second-order valence-corrected chi connectivity index (χ2v) is 6.03. The lowest BCUT2D eigenvalue weighted by atomic mass is 10.2. The zero-order valence-corrected chi connectivity index (χ0v) is 14.6. The lowest BCUT2D eigenvalue weighted by Crippen LogP contribution is -2.18. The predicted octanol–water partition coefficient (Wildman–Crippen LogP) is 4.99. The van der Waals surface area contributed by atoms with E-state index in [1.165, 1.54) is 0 Å². The Bertz CT molecular complexity index is 890. The van der Waals surface area contributed by atoms with Crippen molar-refractivity contribution in [2.24, 2.45) is 0 Å². The number of aromatic nitrogens is 1. The fraction of sp³-hybridized carbons (Fsp3) is 0.167. The molecule has 124 valence electrons. The zero-order chi connectivity index (χ0) is 17.1. The molecule has 3 rings (SSSR count). The smallest absolute Gasteiger partial charge is 0.244 e. The molecular weight excluding hydrogens is 347 g/mol. The largest absolute Gasteiger partial charge is 0.494 e. The molecule has 0 unspecified atom stereocenters. The van der Waals surface area contributed by atoms with E-state index in [-0.39, 0.29) is 12.5 Å². The topological polar surface area (TPSA) is 43.3 Å². The maximum atomic E-state index is 12.3. The molecule has 0 aliphatic heterocycles. The van der Waals surface area contributed by atoms with Crippen molar-refractivity contribution in [1.82, 2.24) is 4.57 Å². The number of carbonyl (C=O) groups excluding carboxylic acids is 1. The van der Waals surface area contributed by atoms with Crippen LogP contribution in [0.1, 0.15) is 6.92 Å². The predicted molar refractivity (Wildman–Crippen MR) is 98.2 cm³/mol. The third-order valence-corrected chi connectivity index (χ3v) is 4.41. The van der Waals surface area contributed by atoms with Crippen molar-refractivity contribution in [2.45, 2.75) is 13.5 Å². The lowest BCUT2D eigenvalue weighted by molar-refractivity contribution is -0.116. The summed E-state index contributed by atoms with van der Waals surface area (Å²) in [5.74, 6) is 0.642. The van der Waals surface area contributed by atoms with Gasteiger partial charge in [-0.15, -0.1) is 0 Å². The Morgan fingerprint density at radius 2 is 2.04 bits per heavy atom. The summed E-state index contributed by atoms with van der Waals surface area (Å²) in [6.07, 6.45) is 1.87. The van der Waals surface area contributed by atoms with Crippen LogP contribution in [0.3, 0.4) is 0 Å². The normalized spacial score (nSPS) is 10.8. The zero-order valence-electron chi connectivity index (χ0n) is 13.1. The van der Waals surface area contributed by atoms with Crippen molar-refractivity contribution >= 4 is 45.7 Å². The Morgan fingerprint density at radius 1 is 1.21 bits per heavy atom. The maximum Gasteiger partial charge on any atom is 0.244 e. The molecule has 0 aliphatic rings. The summed E-state index contributed by atoms with van der Waals surface area (Å²) in [7, 11) is 0. The fourth-order valence-electron chi connectivity index (χ4n) is 2.52. The summed E-state index contributed by atoms with van der Waals surface area (Å²) in [5.41, 5.74) is 1.47. The van der Waals surface area contributed by atoms with E-state index in [0.717, 1.165) is 16.7 Å². The fourth-order valence-corrected chi connectivity index (χ4v) is 2.87. The molecule has 1 N–H and O–H groups in total. The number of benzene rings is 2. The minimum absolute atomic E-state index is 0.175. The molecule has 1 aromatic heterocycles. The molecule has 0 atom stereocenters. The Balaban J connectivity index is 1.77. The molecule has 24 heavy (non-hydrogen) atoms. The van der Waals surface area contributed by atoms with Crippen molar-refractivity contribution in [1.29, 1.82) is 0 Å². The van der Waals surface area contributed by atoms with Crippen molar-refractivity contribution < 1.29 is 9.53 Å². The average molecular weight is 363 g/mol. The number of hydrogen-bond acceptors (Lipinski definition) is 2. The number of anilines is 1. The quantitative estimate of drug-likeness (QED) is 0.694. The number of nitrogens with zero attached hydrogens (tertiary/aromatic N) is 1. The number of halogens is 2. The molecule has 4 nitrogen and oxygen atoms in total. The van der Waals surface area contributed by atoms with Gasteiger partial charge in [-0.2, -0.15) is 0 Å². The Labute approximate surface area is 149 Å². The summed E-state index contributed by atoms with van der Waals surface area (Å²) in [6.45, 7) is 2.75. The van der Waals surface area contributed by atoms with Gasteiger partial charge in [0.05, 0.1) is 22.3 Å². The molecular formula is C18H16Cl2N2O2. The van der Waals surface area contributed by atoms with Crippen LogP contribution in [0.15, 0.2) is 48.7 Å². The minimum Gasteiger partial charge on any atom is -0.494 e. The molecule has 6 heteroatoms. The molecule has 1 heterocycles. The number of hydrogen-bond donors (Lipinski definition) is 1. The molecule has 1 amide bonds. The first-order valence-corrected chi connectivity index (χ1v) is 8.29. The Morgan fingerprint density at radius 3 is 2.83 bits per heavy atom. The van der Waals surface area contributed by atoms with Gasteiger partial charge in [-0.25, -0.2) is 0 Å². The summed E-state index contributed by atoms with van der Waals surface area (Å²) < 4.78 is 7.37. The van der Waals surface area contributed by atoms with Crippen LogP contribution in [-0.2, 0) is 11.3 Å². The highest BCUT2D eigenvalue weighted by Gasteiger charge is 2.10. The number of amides is 1. The van der Waals surface area contributed by atoms with Crippen molar-refractivity contribution in [2.75, 3.05) is 11.9 Å². The Hall–Kier alpha value is -2.17. The van der Waals surface area contributed by atoms with Crippen LogP contribution in [0.2, 0.25) is 10.0 Å². The van der Waals surface area contributed by atoms with Crippen molar-refractivity contribution in [3.63, 3.8) is 0 Å². The van der Waals surface area contributed by atoms with Crippen LogP contribution < -0.4 is 10.1 Å². The summed E-state index contributed by atoms with van der Waals surface area (Å²) in [4.78, 5) is 12.3. The van der Waals surface area contributed by atoms with Crippen LogP contribution in [0.4, 0.5) is 5.69 Å². The summed E-state index contributed by atoms with van der Waals surface area (Å²) in [6, 6.07) is 12.9. The van der Waals surface area contributed by atoms with E-state index < -0.39 is 0 Å². The van der Waals surface area contributed by atoms with E-state index in [0.29, 0.717) is 22.3 Å². The molecule has 2 aromatic carbocycles. The highest BCUT2D eigenvalue weighted by atomic mass is 35.5. The monoisotopic (exact) mass is 362 g/mol. The van der Waals surface area contributed by atoms with Crippen molar-refractivity contribution in [3.05, 3.63) is 58.7 Å². The number of rotatable bonds is 5. The number of fused-ring (bicyclic) bond motifs is 1. The molecule has 3 aromatic rings. The second-order valence-electron chi connectivity index (χ2n) is 5.25.